The number of hydrogen-bond acceptors (Lipinski definition) is 9. The van der Waals surface area contributed by atoms with Crippen LogP contribution in [-0.2, 0) is 25.7 Å². The van der Waals surface area contributed by atoms with Gasteiger partial charge < -0.3 is 29.4 Å². The molecule has 0 unspecified atom stereocenters. The highest BCUT2D eigenvalue weighted by atomic mass is 32.2. The second kappa shape index (κ2) is 12.9. The standard InChI is InChI=1S/C32H31FN4O8S/c1-2-36-22-13-23(35-10-6-7-11-35)21(33)12-20(22)25(38)14-24(36)32(43)45-15-18-17-46-30-27(29(40)37(30)28(18)31(41)42)34-26(39)16-44-19-8-4-3-5-9-19/h3-5,8-9,12-14,27,30H,2,6-7,10-11,15-17H2,1H3,(H,34,39)(H,41,42)/t27-,30-/m1/s1. The van der Waals surface area contributed by atoms with Crippen molar-refractivity contribution in [1.29, 1.82) is 0 Å². The van der Waals surface area contributed by atoms with Gasteiger partial charge in [-0.2, -0.15) is 0 Å². The van der Waals surface area contributed by atoms with Crippen LogP contribution in [-0.4, -0.2) is 81.8 Å². The Kier molecular flexibility index (Phi) is 8.71. The van der Waals surface area contributed by atoms with Crippen molar-refractivity contribution >= 4 is 52.1 Å². The minimum absolute atomic E-state index is 0.0571. The zero-order valence-electron chi connectivity index (χ0n) is 24.9. The lowest BCUT2D eigenvalue weighted by molar-refractivity contribution is -0.151. The number of carboxylic acids is 1. The quantitative estimate of drug-likeness (QED) is 0.248. The summed E-state index contributed by atoms with van der Waals surface area (Å²) in [5, 5.41) is 12.1. The number of nitrogens with one attached hydrogen (secondary N) is 1. The summed E-state index contributed by atoms with van der Waals surface area (Å²) in [5.74, 6) is -3.29. The molecule has 2 amide bonds. The highest BCUT2D eigenvalue weighted by Crippen LogP contribution is 2.40. The Balaban J connectivity index is 1.17. The number of rotatable bonds is 10. The SMILES string of the molecule is CCn1c(C(=O)OCC2=C(C(=O)O)N3C(=O)[C@@H](NC(=O)COc4ccccc4)[C@H]3SC2)cc(=O)c2cc(F)c(N3CCCC3)cc21. The van der Waals surface area contributed by atoms with Crippen LogP contribution < -0.4 is 20.4 Å². The van der Waals surface area contributed by atoms with Crippen LogP contribution >= 0.6 is 11.8 Å². The second-order valence-corrected chi connectivity index (χ2v) is 12.1. The fourth-order valence-corrected chi connectivity index (χ4v) is 7.32. The van der Waals surface area contributed by atoms with Crippen molar-refractivity contribution in [3.05, 3.63) is 81.5 Å². The number of benzene rings is 2. The number of fused-ring (bicyclic) bond motifs is 2. The van der Waals surface area contributed by atoms with Crippen molar-refractivity contribution in [3.8, 4) is 5.75 Å². The molecule has 3 aromatic rings. The van der Waals surface area contributed by atoms with Gasteiger partial charge in [-0.1, -0.05) is 18.2 Å². The summed E-state index contributed by atoms with van der Waals surface area (Å²) in [6.45, 7) is 2.68. The molecule has 0 aliphatic carbocycles. The van der Waals surface area contributed by atoms with E-state index in [0.29, 0.717) is 30.0 Å². The highest BCUT2D eigenvalue weighted by Gasteiger charge is 2.54. The van der Waals surface area contributed by atoms with E-state index in [4.69, 9.17) is 9.47 Å². The van der Waals surface area contributed by atoms with Crippen molar-refractivity contribution in [3.63, 3.8) is 0 Å². The third-order valence-electron chi connectivity index (χ3n) is 8.21. The molecule has 0 saturated carbocycles. The Labute approximate surface area is 266 Å². The topological polar surface area (TPSA) is 147 Å². The summed E-state index contributed by atoms with van der Waals surface area (Å²) >= 11 is 1.23. The zero-order chi connectivity index (χ0) is 32.5. The molecule has 1 aromatic heterocycles. The number of amides is 2. The van der Waals surface area contributed by atoms with Crippen LogP contribution in [0.15, 0.2) is 64.6 Å². The molecule has 2 aromatic carbocycles. The predicted molar refractivity (Wildman–Crippen MR) is 167 cm³/mol. The summed E-state index contributed by atoms with van der Waals surface area (Å²) in [4.78, 5) is 67.0. The van der Waals surface area contributed by atoms with E-state index in [9.17, 15) is 33.5 Å². The number of β-lactam (4-membered cyclic amide) rings is 1. The highest BCUT2D eigenvalue weighted by molar-refractivity contribution is 8.00. The third-order valence-corrected chi connectivity index (χ3v) is 9.55. The van der Waals surface area contributed by atoms with Crippen LogP contribution in [0.1, 0.15) is 30.3 Å². The molecule has 46 heavy (non-hydrogen) atoms. The number of carbonyl (C=O) groups is 4. The molecular formula is C32H31FN4O8S. The molecule has 3 aliphatic rings. The minimum Gasteiger partial charge on any atom is -0.484 e. The lowest BCUT2D eigenvalue weighted by Gasteiger charge is -2.49. The molecule has 240 valence electrons. The Morgan fingerprint density at radius 1 is 1.09 bits per heavy atom. The number of para-hydroxylation sites is 1. The average molecular weight is 651 g/mol. The van der Waals surface area contributed by atoms with Crippen LogP contribution in [0, 0.1) is 5.82 Å². The zero-order valence-corrected chi connectivity index (χ0v) is 25.7. The van der Waals surface area contributed by atoms with Crippen LogP contribution in [0.5, 0.6) is 5.75 Å². The first kappa shape index (κ1) is 31.1. The number of nitrogens with zero attached hydrogens (tertiary/aromatic N) is 3. The molecule has 12 nitrogen and oxygen atoms in total. The van der Waals surface area contributed by atoms with E-state index in [2.05, 4.69) is 5.32 Å². The van der Waals surface area contributed by atoms with Gasteiger partial charge in [-0.3, -0.25) is 19.3 Å². The van der Waals surface area contributed by atoms with Crippen molar-refractivity contribution in [1.82, 2.24) is 14.8 Å². The Morgan fingerprint density at radius 2 is 1.83 bits per heavy atom. The van der Waals surface area contributed by atoms with Gasteiger partial charge >= 0.3 is 11.9 Å². The van der Waals surface area contributed by atoms with Crippen molar-refractivity contribution < 1.29 is 38.1 Å². The van der Waals surface area contributed by atoms with Gasteiger partial charge in [0, 0.05) is 42.4 Å². The molecule has 0 spiro atoms. The number of carboxylic acid groups (broad SMARTS) is 1. The first-order valence-electron chi connectivity index (χ1n) is 14.8. The Hall–Kier alpha value is -4.85. The molecular weight excluding hydrogens is 619 g/mol. The predicted octanol–water partition coefficient (Wildman–Crippen LogP) is 2.74. The van der Waals surface area contributed by atoms with E-state index in [0.717, 1.165) is 23.8 Å². The Bertz CT molecular complexity index is 1820. The van der Waals surface area contributed by atoms with Crippen LogP contribution in [0.3, 0.4) is 0 Å². The third kappa shape index (κ3) is 5.80. The smallest absolute Gasteiger partial charge is 0.355 e. The number of esters is 1. The van der Waals surface area contributed by atoms with E-state index in [1.807, 2.05) is 4.90 Å². The maximum atomic E-state index is 15.0. The molecule has 6 rings (SSSR count). The number of aryl methyl sites for hydroxylation is 1. The van der Waals surface area contributed by atoms with Gasteiger partial charge in [-0.15, -0.1) is 11.8 Å². The lowest BCUT2D eigenvalue weighted by atomic mass is 10.0. The molecule has 2 N–H and O–H groups in total. The van der Waals surface area contributed by atoms with Crippen LogP contribution in [0.25, 0.3) is 10.9 Å². The van der Waals surface area contributed by atoms with Gasteiger partial charge in [0.1, 0.15) is 41.0 Å². The summed E-state index contributed by atoms with van der Waals surface area (Å²) in [5.41, 5.74) is 0.0217. The molecule has 3 aliphatic heterocycles. The van der Waals surface area contributed by atoms with E-state index in [1.54, 1.807) is 47.9 Å². The molecule has 0 radical (unpaired) electrons. The second-order valence-electron chi connectivity index (χ2n) is 11.0. The van der Waals surface area contributed by atoms with Gasteiger partial charge in [0.2, 0.25) is 0 Å². The van der Waals surface area contributed by atoms with Gasteiger partial charge in [-0.05, 0) is 44.0 Å². The fourth-order valence-electron chi connectivity index (χ4n) is 5.99. The number of thioether (sulfide) groups is 1. The molecule has 2 fully saturated rings. The van der Waals surface area contributed by atoms with Crippen molar-refractivity contribution in [2.75, 3.05) is 37.0 Å². The van der Waals surface area contributed by atoms with Gasteiger partial charge in [0.15, 0.2) is 12.0 Å². The fraction of sp³-hybridized carbons (Fsp3) is 0.344. The minimum atomic E-state index is -1.38. The van der Waals surface area contributed by atoms with Crippen LogP contribution in [0.2, 0.25) is 0 Å². The lowest BCUT2D eigenvalue weighted by Crippen LogP contribution is -2.71. The van der Waals surface area contributed by atoms with Crippen molar-refractivity contribution in [2.45, 2.75) is 37.7 Å². The van der Waals surface area contributed by atoms with Crippen molar-refractivity contribution in [2.24, 2.45) is 0 Å². The number of carbonyl (C=O) groups excluding carboxylic acids is 3. The van der Waals surface area contributed by atoms with Gasteiger partial charge in [0.05, 0.1) is 11.2 Å². The number of aromatic nitrogens is 1. The number of aliphatic carboxylic acids is 1. The van der Waals surface area contributed by atoms with Crippen LogP contribution in [0.4, 0.5) is 10.1 Å². The molecule has 2 saturated heterocycles. The molecule has 4 heterocycles. The summed E-state index contributed by atoms with van der Waals surface area (Å²) in [6, 6.07) is 11.6. The first-order chi connectivity index (χ1) is 22.2. The number of hydrogen-bond donors (Lipinski definition) is 2. The van der Waals surface area contributed by atoms with Gasteiger partial charge in [-0.25, -0.2) is 14.0 Å². The number of ether oxygens (including phenoxy) is 2. The van der Waals surface area contributed by atoms with E-state index in [-0.39, 0.29) is 41.3 Å². The van der Waals surface area contributed by atoms with E-state index < -0.39 is 53.0 Å². The molecule has 2 atom stereocenters. The van der Waals surface area contributed by atoms with E-state index >= 15 is 0 Å². The maximum Gasteiger partial charge on any atom is 0.355 e. The van der Waals surface area contributed by atoms with E-state index in [1.165, 1.54) is 17.8 Å². The normalized spacial score (nSPS) is 19.1. The van der Waals surface area contributed by atoms with Gasteiger partial charge in [0.25, 0.3) is 11.8 Å². The maximum absolute atomic E-state index is 15.0. The summed E-state index contributed by atoms with van der Waals surface area (Å²) in [7, 11) is 0. The number of pyridine rings is 1. The summed E-state index contributed by atoms with van der Waals surface area (Å²) in [6.07, 6.45) is 1.86. The Morgan fingerprint density at radius 3 is 2.52 bits per heavy atom. The molecule has 14 heteroatoms. The average Bonchev–Trinajstić information content (AvgIpc) is 3.60. The molecule has 0 bridgehead atoms. The largest absolute Gasteiger partial charge is 0.484 e. The monoisotopic (exact) mass is 650 g/mol. The number of anilines is 1. The number of halogens is 1. The first-order valence-corrected chi connectivity index (χ1v) is 15.9. The summed E-state index contributed by atoms with van der Waals surface area (Å²) < 4.78 is 27.5.